The van der Waals surface area contributed by atoms with Gasteiger partial charge in [0, 0.05) is 0 Å². The molecule has 0 spiro atoms. The maximum Gasteiger partial charge on any atom is 0.474 e. The first-order valence-corrected chi connectivity index (χ1v) is 9.59. The minimum Gasteiger partial charge on any atom is -0.428 e. The fourth-order valence-corrected chi connectivity index (χ4v) is 3.65. The molecule has 0 radical (unpaired) electrons. The number of ether oxygens (including phenoxy) is 1. The highest BCUT2D eigenvalue weighted by molar-refractivity contribution is 5.30. The van der Waals surface area contributed by atoms with Crippen LogP contribution in [0.5, 0.6) is 5.75 Å². The van der Waals surface area contributed by atoms with E-state index < -0.39 is 24.0 Å². The second-order valence-corrected chi connectivity index (χ2v) is 7.47. The SMILES string of the molecule is CCCCCC1CCC(c2ccc(OC(F)(F)C(F)(F)C(F)(F)F)cc2)CC1. The van der Waals surface area contributed by atoms with Gasteiger partial charge in [-0.15, -0.1) is 0 Å². The normalized spacial score (nSPS) is 21.6. The second-order valence-electron chi connectivity index (χ2n) is 7.47. The molecule has 0 heterocycles. The molecule has 1 aromatic carbocycles. The van der Waals surface area contributed by atoms with Crippen LogP contribution in [0, 0.1) is 5.92 Å². The first-order valence-electron chi connectivity index (χ1n) is 9.59. The Bertz CT molecular complexity index is 602. The average molecular weight is 414 g/mol. The van der Waals surface area contributed by atoms with E-state index in [1.807, 2.05) is 0 Å². The highest BCUT2D eigenvalue weighted by Gasteiger charge is 2.75. The summed E-state index contributed by atoms with van der Waals surface area (Å²) in [6.07, 6.45) is -3.25. The lowest BCUT2D eigenvalue weighted by Crippen LogP contribution is -2.55. The Morgan fingerprint density at radius 1 is 0.857 bits per heavy atom. The lowest BCUT2D eigenvalue weighted by molar-refractivity contribution is -0.402. The largest absolute Gasteiger partial charge is 0.474 e. The summed E-state index contributed by atoms with van der Waals surface area (Å²) < 4.78 is 92.6. The molecule has 2 rings (SSSR count). The maximum atomic E-state index is 13.3. The Labute approximate surface area is 160 Å². The number of unbranched alkanes of at least 4 members (excludes halogenated alkanes) is 2. The van der Waals surface area contributed by atoms with Crippen LogP contribution < -0.4 is 4.74 Å². The molecule has 1 fully saturated rings. The monoisotopic (exact) mass is 414 g/mol. The van der Waals surface area contributed by atoms with Gasteiger partial charge in [-0.05, 0) is 55.2 Å². The maximum absolute atomic E-state index is 13.3. The van der Waals surface area contributed by atoms with E-state index in [0.717, 1.165) is 43.4 Å². The fraction of sp³-hybridized carbons (Fsp3) is 0.700. The van der Waals surface area contributed by atoms with E-state index in [1.54, 1.807) is 0 Å². The van der Waals surface area contributed by atoms with Crippen molar-refractivity contribution in [2.75, 3.05) is 0 Å². The Balaban J connectivity index is 1.94. The van der Waals surface area contributed by atoms with E-state index in [1.165, 1.54) is 37.8 Å². The van der Waals surface area contributed by atoms with Crippen LogP contribution in [0.4, 0.5) is 30.7 Å². The number of halogens is 7. The Morgan fingerprint density at radius 3 is 1.93 bits per heavy atom. The standard InChI is InChI=1S/C20H25F7O/c1-2-3-4-5-14-6-8-15(9-7-14)16-10-12-17(13-11-16)28-20(26,27)18(21,22)19(23,24)25/h10-15H,2-9H2,1H3. The Kier molecular flexibility index (Phi) is 7.26. The quantitative estimate of drug-likeness (QED) is 0.313. The van der Waals surface area contributed by atoms with Gasteiger partial charge in [0.2, 0.25) is 0 Å². The van der Waals surface area contributed by atoms with Gasteiger partial charge in [-0.25, -0.2) is 0 Å². The number of alkyl halides is 7. The Hall–Kier alpha value is -1.47. The third kappa shape index (κ3) is 5.32. The molecule has 0 amide bonds. The molecule has 1 nitrogen and oxygen atoms in total. The van der Waals surface area contributed by atoms with Crippen molar-refractivity contribution in [2.24, 2.45) is 5.92 Å². The molecule has 160 valence electrons. The molecular formula is C20H25F7O. The van der Waals surface area contributed by atoms with Crippen LogP contribution >= 0.6 is 0 Å². The van der Waals surface area contributed by atoms with Crippen molar-refractivity contribution in [1.82, 2.24) is 0 Å². The first-order chi connectivity index (χ1) is 13.0. The molecule has 0 saturated heterocycles. The zero-order valence-electron chi connectivity index (χ0n) is 15.7. The van der Waals surface area contributed by atoms with Gasteiger partial charge >= 0.3 is 18.2 Å². The van der Waals surface area contributed by atoms with Crippen molar-refractivity contribution in [3.05, 3.63) is 29.8 Å². The minimum atomic E-state index is -6.41. The van der Waals surface area contributed by atoms with Gasteiger partial charge in [-0.3, -0.25) is 0 Å². The Morgan fingerprint density at radius 2 is 1.43 bits per heavy atom. The lowest BCUT2D eigenvalue weighted by atomic mass is 9.77. The van der Waals surface area contributed by atoms with E-state index in [4.69, 9.17) is 0 Å². The summed E-state index contributed by atoms with van der Waals surface area (Å²) >= 11 is 0. The van der Waals surface area contributed by atoms with E-state index >= 15 is 0 Å². The summed E-state index contributed by atoms with van der Waals surface area (Å²) in [5.41, 5.74) is 0.852. The highest BCUT2D eigenvalue weighted by atomic mass is 19.4. The van der Waals surface area contributed by atoms with Gasteiger partial charge in [-0.2, -0.15) is 30.7 Å². The number of benzene rings is 1. The van der Waals surface area contributed by atoms with Crippen molar-refractivity contribution in [3.63, 3.8) is 0 Å². The summed E-state index contributed by atoms with van der Waals surface area (Å²) in [6.45, 7) is 2.16. The molecule has 1 saturated carbocycles. The van der Waals surface area contributed by atoms with Crippen molar-refractivity contribution < 1.29 is 35.5 Å². The van der Waals surface area contributed by atoms with Crippen molar-refractivity contribution in [2.45, 2.75) is 82.4 Å². The number of rotatable bonds is 8. The van der Waals surface area contributed by atoms with E-state index in [-0.39, 0.29) is 5.92 Å². The van der Waals surface area contributed by atoms with E-state index in [9.17, 15) is 30.7 Å². The minimum absolute atomic E-state index is 0.230. The average Bonchev–Trinajstić information content (AvgIpc) is 2.62. The predicted octanol–water partition coefficient (Wildman–Crippen LogP) is 7.71. The van der Waals surface area contributed by atoms with Crippen LogP contribution in [0.2, 0.25) is 0 Å². The summed E-state index contributed by atoms with van der Waals surface area (Å²) in [6, 6.07) is 4.95. The van der Waals surface area contributed by atoms with Crippen molar-refractivity contribution in [1.29, 1.82) is 0 Å². The van der Waals surface area contributed by atoms with Crippen LogP contribution in [0.25, 0.3) is 0 Å². The van der Waals surface area contributed by atoms with Gasteiger partial charge < -0.3 is 4.74 Å². The lowest BCUT2D eigenvalue weighted by Gasteiger charge is -2.29. The van der Waals surface area contributed by atoms with Crippen molar-refractivity contribution in [3.8, 4) is 5.75 Å². The molecule has 8 heteroatoms. The van der Waals surface area contributed by atoms with Crippen molar-refractivity contribution >= 4 is 0 Å². The van der Waals surface area contributed by atoms with Crippen LogP contribution in [0.15, 0.2) is 24.3 Å². The summed E-state index contributed by atoms with van der Waals surface area (Å²) in [7, 11) is 0. The van der Waals surface area contributed by atoms with Gasteiger partial charge in [0.25, 0.3) is 0 Å². The summed E-state index contributed by atoms with van der Waals surface area (Å²) in [4.78, 5) is 0. The smallest absolute Gasteiger partial charge is 0.428 e. The topological polar surface area (TPSA) is 9.23 Å². The molecule has 0 unspecified atom stereocenters. The predicted molar refractivity (Wildman–Crippen MR) is 91.9 cm³/mol. The van der Waals surface area contributed by atoms with E-state index in [2.05, 4.69) is 11.7 Å². The summed E-state index contributed by atoms with van der Waals surface area (Å²) in [5.74, 6) is -6.09. The van der Waals surface area contributed by atoms with Crippen LogP contribution in [0.1, 0.15) is 69.8 Å². The molecule has 1 aliphatic carbocycles. The molecular weight excluding hydrogens is 389 g/mol. The zero-order chi connectivity index (χ0) is 21.0. The molecule has 0 aromatic heterocycles. The molecule has 0 aliphatic heterocycles. The second kappa shape index (κ2) is 8.91. The number of hydrogen-bond donors (Lipinski definition) is 0. The molecule has 1 aliphatic rings. The third-order valence-electron chi connectivity index (χ3n) is 5.38. The highest BCUT2D eigenvalue weighted by Crippen LogP contribution is 2.47. The zero-order valence-corrected chi connectivity index (χ0v) is 15.7. The van der Waals surface area contributed by atoms with Gasteiger partial charge in [-0.1, -0.05) is 44.7 Å². The van der Waals surface area contributed by atoms with Gasteiger partial charge in [0.1, 0.15) is 5.75 Å². The molecule has 28 heavy (non-hydrogen) atoms. The fourth-order valence-electron chi connectivity index (χ4n) is 3.65. The van der Waals surface area contributed by atoms with Crippen LogP contribution in [0.3, 0.4) is 0 Å². The number of hydrogen-bond acceptors (Lipinski definition) is 1. The molecule has 0 N–H and O–H groups in total. The van der Waals surface area contributed by atoms with E-state index in [0.29, 0.717) is 5.92 Å². The van der Waals surface area contributed by atoms with Crippen LogP contribution in [-0.4, -0.2) is 18.2 Å². The van der Waals surface area contributed by atoms with Gasteiger partial charge in [0.15, 0.2) is 0 Å². The molecule has 0 atom stereocenters. The van der Waals surface area contributed by atoms with Gasteiger partial charge in [0.05, 0.1) is 0 Å². The van der Waals surface area contributed by atoms with Crippen LogP contribution in [-0.2, 0) is 0 Å². The summed E-state index contributed by atoms with van der Waals surface area (Å²) in [5, 5.41) is 0. The third-order valence-corrected chi connectivity index (χ3v) is 5.38. The molecule has 0 bridgehead atoms. The first kappa shape index (κ1) is 22.8. The molecule has 1 aromatic rings.